The SMILES string of the molecule is c1ccc(-n2c3ccccc3c3cc(-c4ccc5oc6cccc(-c7cnc8c(n7)oc7ccc9ccccc9c78)c6c5c4)ccc32)cc1. The van der Waals surface area contributed by atoms with Gasteiger partial charge < -0.3 is 13.4 Å². The molecular weight excluding hydrogens is 603 g/mol. The summed E-state index contributed by atoms with van der Waals surface area (Å²) in [4.78, 5) is 9.94. The van der Waals surface area contributed by atoms with E-state index in [0.29, 0.717) is 5.71 Å². The third kappa shape index (κ3) is 3.81. The first-order chi connectivity index (χ1) is 24.3. The highest BCUT2D eigenvalue weighted by Gasteiger charge is 2.19. The molecule has 49 heavy (non-hydrogen) atoms. The molecule has 0 amide bonds. The summed E-state index contributed by atoms with van der Waals surface area (Å²) in [6, 6.07) is 50.9. The summed E-state index contributed by atoms with van der Waals surface area (Å²) in [5, 5.41) is 7.75. The Balaban J connectivity index is 1.09. The molecule has 0 bridgehead atoms. The molecule has 0 fully saturated rings. The zero-order valence-corrected chi connectivity index (χ0v) is 26.1. The second-order valence-electron chi connectivity index (χ2n) is 12.6. The van der Waals surface area contributed by atoms with Crippen LogP contribution in [0.1, 0.15) is 0 Å². The largest absolute Gasteiger partial charge is 0.456 e. The van der Waals surface area contributed by atoms with Gasteiger partial charge in [-0.3, -0.25) is 0 Å². The van der Waals surface area contributed by atoms with Crippen LogP contribution in [0, 0.1) is 0 Å². The van der Waals surface area contributed by atoms with Gasteiger partial charge in [0, 0.05) is 32.8 Å². The summed E-state index contributed by atoms with van der Waals surface area (Å²) >= 11 is 0. The van der Waals surface area contributed by atoms with E-state index in [1.54, 1.807) is 0 Å². The zero-order chi connectivity index (χ0) is 32.1. The molecule has 0 atom stereocenters. The number of hydrogen-bond donors (Lipinski definition) is 0. The summed E-state index contributed by atoms with van der Waals surface area (Å²) in [6.45, 7) is 0. The summed E-state index contributed by atoms with van der Waals surface area (Å²) in [7, 11) is 0. The standard InChI is InChI=1S/C44H25N3O2/c1-2-10-29(11-3-1)47-36-15-7-6-13-31(36)33-23-27(17-20-37(33)47)28-19-21-38-34(24-28)41-32(14-8-16-39(41)48-38)35-25-45-43-42-30-12-5-4-9-26(30)18-22-40(42)49-44(43)46-35/h1-25H. The summed E-state index contributed by atoms with van der Waals surface area (Å²) < 4.78 is 15.0. The molecule has 5 heteroatoms. The fourth-order valence-electron chi connectivity index (χ4n) is 7.66. The highest BCUT2D eigenvalue weighted by atomic mass is 16.3. The van der Waals surface area contributed by atoms with Crippen molar-refractivity contribution in [1.82, 2.24) is 14.5 Å². The van der Waals surface area contributed by atoms with Crippen LogP contribution >= 0.6 is 0 Å². The maximum absolute atomic E-state index is 6.39. The minimum Gasteiger partial charge on any atom is -0.456 e. The van der Waals surface area contributed by atoms with Crippen molar-refractivity contribution in [3.8, 4) is 28.1 Å². The van der Waals surface area contributed by atoms with Crippen LogP contribution in [0.3, 0.4) is 0 Å². The Morgan fingerprint density at radius 2 is 1.22 bits per heavy atom. The molecule has 11 rings (SSSR count). The lowest BCUT2D eigenvalue weighted by Crippen LogP contribution is -1.92. The van der Waals surface area contributed by atoms with Gasteiger partial charge in [0.1, 0.15) is 22.3 Å². The van der Waals surface area contributed by atoms with E-state index in [2.05, 4.69) is 120 Å². The lowest BCUT2D eigenvalue weighted by Gasteiger charge is -2.08. The molecule has 7 aromatic carbocycles. The predicted octanol–water partition coefficient (Wildman–Crippen LogP) is 11.9. The van der Waals surface area contributed by atoms with E-state index in [0.717, 1.165) is 77.3 Å². The van der Waals surface area contributed by atoms with Crippen LogP contribution in [0.25, 0.3) is 105 Å². The number of aromatic nitrogens is 3. The molecule has 4 aromatic heterocycles. The van der Waals surface area contributed by atoms with E-state index in [1.165, 1.54) is 21.8 Å². The molecular formula is C44H25N3O2. The van der Waals surface area contributed by atoms with Crippen LogP contribution in [-0.4, -0.2) is 14.5 Å². The fraction of sp³-hybridized carbons (Fsp3) is 0. The van der Waals surface area contributed by atoms with Gasteiger partial charge in [-0.1, -0.05) is 91.0 Å². The topological polar surface area (TPSA) is 57.0 Å². The van der Waals surface area contributed by atoms with Crippen LogP contribution in [0.2, 0.25) is 0 Å². The second-order valence-corrected chi connectivity index (χ2v) is 12.6. The van der Waals surface area contributed by atoms with E-state index in [9.17, 15) is 0 Å². The first kappa shape index (κ1) is 26.4. The van der Waals surface area contributed by atoms with Crippen molar-refractivity contribution in [3.05, 3.63) is 152 Å². The van der Waals surface area contributed by atoms with E-state index >= 15 is 0 Å². The second kappa shape index (κ2) is 9.89. The van der Waals surface area contributed by atoms with Crippen molar-refractivity contribution in [2.45, 2.75) is 0 Å². The van der Waals surface area contributed by atoms with Gasteiger partial charge in [0.05, 0.1) is 28.3 Å². The first-order valence-corrected chi connectivity index (χ1v) is 16.4. The Kier molecular flexibility index (Phi) is 5.32. The fourth-order valence-corrected chi connectivity index (χ4v) is 7.66. The monoisotopic (exact) mass is 627 g/mol. The van der Waals surface area contributed by atoms with Crippen LogP contribution in [-0.2, 0) is 0 Å². The number of nitrogens with zero attached hydrogens (tertiary/aromatic N) is 3. The highest BCUT2D eigenvalue weighted by molar-refractivity contribution is 6.18. The van der Waals surface area contributed by atoms with Crippen molar-refractivity contribution in [1.29, 1.82) is 0 Å². The van der Waals surface area contributed by atoms with Gasteiger partial charge in [-0.2, -0.15) is 0 Å². The number of hydrogen-bond acceptors (Lipinski definition) is 4. The Morgan fingerprint density at radius 1 is 0.490 bits per heavy atom. The van der Waals surface area contributed by atoms with Gasteiger partial charge in [-0.15, -0.1) is 0 Å². The molecule has 228 valence electrons. The van der Waals surface area contributed by atoms with E-state index in [1.807, 2.05) is 36.5 Å². The average molecular weight is 628 g/mol. The van der Waals surface area contributed by atoms with Crippen molar-refractivity contribution in [3.63, 3.8) is 0 Å². The number of para-hydroxylation sites is 2. The Morgan fingerprint density at radius 3 is 2.14 bits per heavy atom. The maximum atomic E-state index is 6.39. The van der Waals surface area contributed by atoms with Crippen molar-refractivity contribution in [2.24, 2.45) is 0 Å². The molecule has 0 aliphatic rings. The molecule has 0 saturated heterocycles. The van der Waals surface area contributed by atoms with Gasteiger partial charge in [-0.05, 0) is 76.5 Å². The molecule has 0 N–H and O–H groups in total. The molecule has 0 spiro atoms. The minimum absolute atomic E-state index is 0.525. The zero-order valence-electron chi connectivity index (χ0n) is 26.1. The molecule has 11 aromatic rings. The number of benzene rings is 7. The number of fused-ring (bicyclic) bond motifs is 11. The van der Waals surface area contributed by atoms with Crippen molar-refractivity contribution in [2.75, 3.05) is 0 Å². The smallest absolute Gasteiger partial charge is 0.246 e. The third-order valence-corrected chi connectivity index (χ3v) is 9.87. The first-order valence-electron chi connectivity index (χ1n) is 16.4. The number of rotatable bonds is 3. The van der Waals surface area contributed by atoms with Gasteiger partial charge in [-0.25, -0.2) is 9.97 Å². The summed E-state index contributed by atoms with van der Waals surface area (Å²) in [5.74, 6) is 0. The van der Waals surface area contributed by atoms with Crippen LogP contribution in [0.15, 0.2) is 161 Å². The van der Waals surface area contributed by atoms with Crippen molar-refractivity contribution < 1.29 is 8.83 Å². The van der Waals surface area contributed by atoms with E-state index in [4.69, 9.17) is 18.8 Å². The van der Waals surface area contributed by atoms with Gasteiger partial charge in [0.2, 0.25) is 5.71 Å². The molecule has 0 radical (unpaired) electrons. The van der Waals surface area contributed by atoms with Crippen LogP contribution in [0.4, 0.5) is 0 Å². The lowest BCUT2D eigenvalue weighted by molar-refractivity contribution is 0.653. The van der Waals surface area contributed by atoms with Gasteiger partial charge >= 0.3 is 0 Å². The van der Waals surface area contributed by atoms with Crippen LogP contribution in [0.5, 0.6) is 0 Å². The maximum Gasteiger partial charge on any atom is 0.246 e. The molecule has 5 nitrogen and oxygen atoms in total. The molecule has 0 aliphatic heterocycles. The average Bonchev–Trinajstić information content (AvgIpc) is 3.84. The Hall–Kier alpha value is -6.72. The Bertz CT molecular complexity index is 3110. The van der Waals surface area contributed by atoms with Gasteiger partial charge in [0.25, 0.3) is 0 Å². The lowest BCUT2D eigenvalue weighted by atomic mass is 9.98. The van der Waals surface area contributed by atoms with Gasteiger partial charge in [0.15, 0.2) is 0 Å². The number of furan rings is 2. The third-order valence-electron chi connectivity index (χ3n) is 9.87. The molecule has 0 unspecified atom stereocenters. The predicted molar refractivity (Wildman–Crippen MR) is 199 cm³/mol. The van der Waals surface area contributed by atoms with E-state index < -0.39 is 0 Å². The molecule has 4 heterocycles. The minimum atomic E-state index is 0.525. The highest BCUT2D eigenvalue weighted by Crippen LogP contribution is 2.41. The van der Waals surface area contributed by atoms with Crippen LogP contribution < -0.4 is 0 Å². The quantitative estimate of drug-likeness (QED) is 0.196. The summed E-state index contributed by atoms with van der Waals surface area (Å²) in [6.07, 6.45) is 1.85. The Labute approximate surface area is 279 Å². The summed E-state index contributed by atoms with van der Waals surface area (Å²) in [5.41, 5.74) is 11.2. The van der Waals surface area contributed by atoms with E-state index in [-0.39, 0.29) is 0 Å². The molecule has 0 aliphatic carbocycles. The normalized spacial score (nSPS) is 12.1. The van der Waals surface area contributed by atoms with Crippen molar-refractivity contribution >= 4 is 76.7 Å². The molecule has 0 saturated carbocycles.